The minimum absolute atomic E-state index is 0.0119. The van der Waals surface area contributed by atoms with Crippen molar-refractivity contribution in [2.45, 2.75) is 0 Å². The Kier molecular flexibility index (Phi) is 11.0. The summed E-state index contributed by atoms with van der Waals surface area (Å²) in [7, 11) is 0. The molecule has 0 atom stereocenters. The summed E-state index contributed by atoms with van der Waals surface area (Å²) in [5.41, 5.74) is 0. The van der Waals surface area contributed by atoms with Crippen LogP contribution in [0.4, 0.5) is 0 Å². The van der Waals surface area contributed by atoms with Gasteiger partial charge < -0.3 is 38.6 Å². The number of thiophene rings is 1. The second-order valence-corrected chi connectivity index (χ2v) is 10.4. The third kappa shape index (κ3) is 7.44. The van der Waals surface area contributed by atoms with E-state index >= 15 is 0 Å². The van der Waals surface area contributed by atoms with Crippen molar-refractivity contribution < 1.29 is 38.6 Å². The largest absolute Gasteiger partial charge is 0.491 e. The molecule has 0 aliphatic heterocycles. The molecule has 0 unspecified atom stereocenters. The van der Waals surface area contributed by atoms with E-state index in [0.29, 0.717) is 66.1 Å². The molecule has 2 N–H and O–H groups in total. The van der Waals surface area contributed by atoms with Crippen molar-refractivity contribution in [3.05, 3.63) is 60.7 Å². The topological polar surface area (TPSA) is 95.8 Å². The first kappa shape index (κ1) is 29.5. The number of aliphatic hydroxyl groups excluding tert-OH is 2. The molecule has 0 aliphatic carbocycles. The number of aliphatic hydroxyl groups is 2. The smallest absolute Gasteiger partial charge is 0.127 e. The molecule has 1 heterocycles. The molecule has 5 rings (SSSR count). The van der Waals surface area contributed by atoms with E-state index < -0.39 is 0 Å². The number of fused-ring (bicyclic) bond motifs is 7. The Morgan fingerprint density at radius 1 is 0.537 bits per heavy atom. The van der Waals surface area contributed by atoms with Gasteiger partial charge in [-0.05, 0) is 35.0 Å². The van der Waals surface area contributed by atoms with Crippen molar-refractivity contribution in [1.82, 2.24) is 0 Å². The summed E-state index contributed by atoms with van der Waals surface area (Å²) in [5, 5.41) is 24.4. The number of hydrogen-bond acceptors (Lipinski definition) is 9. The molecular formula is C32H36O8S. The SMILES string of the molecule is OCCOCCOCCOc1ccc2ccc3sc4c5ccccc5c(OCCOCCOCCO)cc4c3c2c1. The third-order valence-electron chi connectivity index (χ3n) is 6.59. The number of ether oxygens (including phenoxy) is 6. The predicted octanol–water partition coefficient (Wildman–Crippen LogP) is 5.17. The summed E-state index contributed by atoms with van der Waals surface area (Å²) in [6.07, 6.45) is 0. The zero-order chi connectivity index (χ0) is 28.3. The van der Waals surface area contributed by atoms with E-state index in [1.165, 1.54) is 20.2 Å². The summed E-state index contributed by atoms with van der Waals surface area (Å²) < 4.78 is 36.4. The normalized spacial score (nSPS) is 11.8. The zero-order valence-electron chi connectivity index (χ0n) is 23.0. The van der Waals surface area contributed by atoms with Crippen LogP contribution in [0.3, 0.4) is 0 Å². The van der Waals surface area contributed by atoms with Gasteiger partial charge in [-0.1, -0.05) is 36.4 Å². The summed E-state index contributed by atoms with van der Waals surface area (Å²) >= 11 is 1.79. The molecule has 41 heavy (non-hydrogen) atoms. The molecule has 0 bridgehead atoms. The Balaban J connectivity index is 1.35. The summed E-state index contributed by atoms with van der Waals surface area (Å²) in [6, 6.07) is 21.1. The molecule has 1 aromatic heterocycles. The van der Waals surface area contributed by atoms with Gasteiger partial charge in [0.2, 0.25) is 0 Å². The maximum Gasteiger partial charge on any atom is 0.127 e. The van der Waals surface area contributed by atoms with Crippen molar-refractivity contribution in [3.63, 3.8) is 0 Å². The van der Waals surface area contributed by atoms with E-state index in [-0.39, 0.29) is 13.2 Å². The second-order valence-electron chi connectivity index (χ2n) is 9.31. The summed E-state index contributed by atoms with van der Waals surface area (Å²) in [5.74, 6) is 1.62. The van der Waals surface area contributed by atoms with Gasteiger partial charge in [0.25, 0.3) is 0 Å². The van der Waals surface area contributed by atoms with Gasteiger partial charge in [-0.25, -0.2) is 0 Å². The zero-order valence-corrected chi connectivity index (χ0v) is 23.8. The molecule has 0 saturated heterocycles. The van der Waals surface area contributed by atoms with Crippen LogP contribution < -0.4 is 9.47 Å². The fraction of sp³-hybridized carbons (Fsp3) is 0.375. The number of hydrogen-bond donors (Lipinski definition) is 2. The fourth-order valence-electron chi connectivity index (χ4n) is 4.77. The van der Waals surface area contributed by atoms with E-state index in [2.05, 4.69) is 48.5 Å². The van der Waals surface area contributed by atoms with Crippen LogP contribution in [0.5, 0.6) is 11.5 Å². The van der Waals surface area contributed by atoms with E-state index in [4.69, 9.17) is 38.6 Å². The monoisotopic (exact) mass is 580 g/mol. The Morgan fingerprint density at radius 3 is 1.85 bits per heavy atom. The van der Waals surface area contributed by atoms with Gasteiger partial charge in [0.15, 0.2) is 0 Å². The van der Waals surface area contributed by atoms with Gasteiger partial charge >= 0.3 is 0 Å². The Hall–Kier alpha value is -3.02. The lowest BCUT2D eigenvalue weighted by Crippen LogP contribution is -2.12. The minimum atomic E-state index is 0.0119. The highest BCUT2D eigenvalue weighted by atomic mass is 32.1. The van der Waals surface area contributed by atoms with Gasteiger partial charge in [0, 0.05) is 30.9 Å². The molecule has 0 amide bonds. The van der Waals surface area contributed by atoms with Crippen molar-refractivity contribution >= 4 is 53.1 Å². The van der Waals surface area contributed by atoms with Gasteiger partial charge in [-0.2, -0.15) is 0 Å². The lowest BCUT2D eigenvalue weighted by atomic mass is 10.0. The molecule has 9 heteroatoms. The molecule has 8 nitrogen and oxygen atoms in total. The highest BCUT2D eigenvalue weighted by Crippen LogP contribution is 2.45. The average Bonchev–Trinajstić information content (AvgIpc) is 3.39. The van der Waals surface area contributed by atoms with Crippen LogP contribution in [0.1, 0.15) is 0 Å². The van der Waals surface area contributed by atoms with Crippen LogP contribution in [0, 0.1) is 0 Å². The minimum Gasteiger partial charge on any atom is -0.491 e. The highest BCUT2D eigenvalue weighted by Gasteiger charge is 2.15. The van der Waals surface area contributed by atoms with Gasteiger partial charge in [-0.3, -0.25) is 0 Å². The molecule has 0 aliphatic rings. The van der Waals surface area contributed by atoms with Crippen molar-refractivity contribution in [2.75, 3.05) is 79.3 Å². The van der Waals surface area contributed by atoms with Crippen LogP contribution in [0.15, 0.2) is 60.7 Å². The maximum absolute atomic E-state index is 8.79. The Morgan fingerprint density at radius 2 is 1.15 bits per heavy atom. The standard InChI is InChI=1S/C32H36O8S/c33-9-11-35-13-15-37-17-19-39-24-7-5-23-6-8-30-31(27(23)21-24)28-22-29(40-20-18-38-16-14-36-12-10-34)25-3-1-2-4-26(25)32(28)41-30/h1-8,21-22,33-34H,9-20H2. The van der Waals surface area contributed by atoms with Crippen molar-refractivity contribution in [1.29, 1.82) is 0 Å². The van der Waals surface area contributed by atoms with Gasteiger partial charge in [0.05, 0.1) is 66.1 Å². The van der Waals surface area contributed by atoms with Gasteiger partial charge in [0.1, 0.15) is 24.7 Å². The number of benzene rings is 4. The summed E-state index contributed by atoms with van der Waals surface area (Å²) in [6.45, 7) is 4.25. The van der Waals surface area contributed by atoms with Crippen molar-refractivity contribution in [2.24, 2.45) is 0 Å². The molecular weight excluding hydrogens is 544 g/mol. The van der Waals surface area contributed by atoms with Crippen LogP contribution in [-0.4, -0.2) is 89.5 Å². The van der Waals surface area contributed by atoms with Gasteiger partial charge in [-0.15, -0.1) is 11.3 Å². The summed E-state index contributed by atoms with van der Waals surface area (Å²) in [4.78, 5) is 0. The fourth-order valence-corrected chi connectivity index (χ4v) is 6.01. The maximum atomic E-state index is 8.79. The first-order chi connectivity index (χ1) is 20.3. The third-order valence-corrected chi connectivity index (χ3v) is 7.79. The Labute approximate surface area is 242 Å². The Bertz CT molecular complexity index is 1550. The molecule has 0 saturated carbocycles. The van der Waals surface area contributed by atoms with Crippen LogP contribution in [-0.2, 0) is 18.9 Å². The van der Waals surface area contributed by atoms with Crippen LogP contribution >= 0.6 is 11.3 Å². The first-order valence-electron chi connectivity index (χ1n) is 13.9. The molecule has 5 aromatic rings. The molecule has 218 valence electrons. The molecule has 4 aromatic carbocycles. The predicted molar refractivity (Wildman–Crippen MR) is 163 cm³/mol. The second kappa shape index (κ2) is 15.3. The van der Waals surface area contributed by atoms with E-state index in [1.54, 1.807) is 11.3 Å². The van der Waals surface area contributed by atoms with E-state index in [1.807, 2.05) is 12.1 Å². The first-order valence-corrected chi connectivity index (χ1v) is 14.7. The quantitative estimate of drug-likeness (QED) is 0.137. The molecule has 0 fully saturated rings. The molecule has 0 spiro atoms. The lowest BCUT2D eigenvalue weighted by molar-refractivity contribution is 0.0247. The molecule has 0 radical (unpaired) electrons. The lowest BCUT2D eigenvalue weighted by Gasteiger charge is -2.12. The van der Waals surface area contributed by atoms with Crippen molar-refractivity contribution in [3.8, 4) is 11.5 Å². The van der Waals surface area contributed by atoms with E-state index in [9.17, 15) is 0 Å². The van der Waals surface area contributed by atoms with Crippen LogP contribution in [0.25, 0.3) is 41.7 Å². The average molecular weight is 581 g/mol. The van der Waals surface area contributed by atoms with Crippen LogP contribution in [0.2, 0.25) is 0 Å². The number of rotatable bonds is 18. The highest BCUT2D eigenvalue weighted by molar-refractivity contribution is 7.26. The van der Waals surface area contributed by atoms with E-state index in [0.717, 1.165) is 33.0 Å².